The van der Waals surface area contributed by atoms with Crippen LogP contribution in [0.1, 0.15) is 17.3 Å². The van der Waals surface area contributed by atoms with E-state index in [1.807, 2.05) is 60.7 Å². The third-order valence-electron chi connectivity index (χ3n) is 5.27. The van der Waals surface area contributed by atoms with E-state index in [9.17, 15) is 4.79 Å². The van der Waals surface area contributed by atoms with E-state index in [1.54, 1.807) is 6.92 Å². The van der Waals surface area contributed by atoms with Crippen molar-refractivity contribution < 1.29 is 4.79 Å². The number of benzene rings is 4. The van der Waals surface area contributed by atoms with Gasteiger partial charge < -0.3 is 9.88 Å². The van der Waals surface area contributed by atoms with Crippen LogP contribution in [0.3, 0.4) is 0 Å². The van der Waals surface area contributed by atoms with E-state index in [4.69, 9.17) is 0 Å². The topological polar surface area (TPSA) is 36.1 Å². The lowest BCUT2D eigenvalue weighted by molar-refractivity contribution is 0.101. The number of H-pyrrole nitrogens is 1. The fraction of sp³-hybridized carbons (Fsp3) is 0.0385. The van der Waals surface area contributed by atoms with Crippen LogP contribution in [0.25, 0.3) is 21.8 Å². The second kappa shape index (κ2) is 6.95. The lowest BCUT2D eigenvalue weighted by Crippen LogP contribution is -2.10. The summed E-state index contributed by atoms with van der Waals surface area (Å²) < 4.78 is 0. The number of para-hydroxylation sites is 3. The van der Waals surface area contributed by atoms with Crippen LogP contribution < -0.4 is 4.90 Å². The highest BCUT2D eigenvalue weighted by molar-refractivity contribution is 6.16. The largest absolute Gasteiger partial charge is 0.354 e. The van der Waals surface area contributed by atoms with Gasteiger partial charge in [0.05, 0.1) is 5.52 Å². The highest BCUT2D eigenvalue weighted by Crippen LogP contribution is 2.39. The molecule has 1 heterocycles. The second-order valence-corrected chi connectivity index (χ2v) is 7.15. The monoisotopic (exact) mass is 376 g/mol. The number of anilines is 3. The average molecular weight is 376 g/mol. The zero-order valence-electron chi connectivity index (χ0n) is 16.1. The Morgan fingerprint density at radius 3 is 1.90 bits per heavy atom. The molecule has 5 rings (SSSR count). The van der Waals surface area contributed by atoms with Gasteiger partial charge in [0.15, 0.2) is 5.78 Å². The molecule has 3 nitrogen and oxygen atoms in total. The van der Waals surface area contributed by atoms with Crippen molar-refractivity contribution in [3.8, 4) is 0 Å². The summed E-state index contributed by atoms with van der Waals surface area (Å²) in [5.74, 6) is 0.0458. The highest BCUT2D eigenvalue weighted by Gasteiger charge is 2.18. The van der Waals surface area contributed by atoms with Crippen molar-refractivity contribution in [3.05, 3.63) is 103 Å². The predicted octanol–water partition coefficient (Wildman–Crippen LogP) is 6.99. The lowest BCUT2D eigenvalue weighted by atomic mass is 10.0. The molecule has 0 aliphatic heterocycles. The number of hydrogen-bond acceptors (Lipinski definition) is 2. The molecule has 0 aliphatic carbocycles. The molecular formula is C26H20N2O. The smallest absolute Gasteiger partial charge is 0.161 e. The molecule has 5 aromatic rings. The average Bonchev–Trinajstić information content (AvgIpc) is 3.13. The fourth-order valence-corrected chi connectivity index (χ4v) is 3.94. The van der Waals surface area contributed by atoms with Crippen LogP contribution in [-0.2, 0) is 0 Å². The van der Waals surface area contributed by atoms with Gasteiger partial charge in [-0.1, -0.05) is 54.6 Å². The maximum atomic E-state index is 12.5. The maximum absolute atomic E-state index is 12.5. The van der Waals surface area contributed by atoms with Crippen LogP contribution in [-0.4, -0.2) is 10.8 Å². The molecule has 0 spiro atoms. The van der Waals surface area contributed by atoms with Crippen LogP contribution in [0, 0.1) is 0 Å². The molecular weight excluding hydrogens is 356 g/mol. The van der Waals surface area contributed by atoms with Crippen molar-refractivity contribution in [2.24, 2.45) is 0 Å². The summed E-state index contributed by atoms with van der Waals surface area (Å²) in [6.07, 6.45) is 0. The number of rotatable bonds is 4. The van der Waals surface area contributed by atoms with E-state index >= 15 is 0 Å². The molecule has 4 aromatic carbocycles. The number of fused-ring (bicyclic) bond motifs is 3. The van der Waals surface area contributed by atoms with Crippen LogP contribution in [0.15, 0.2) is 97.1 Å². The zero-order valence-corrected chi connectivity index (χ0v) is 16.1. The van der Waals surface area contributed by atoms with Crippen LogP contribution >= 0.6 is 0 Å². The van der Waals surface area contributed by atoms with Crippen molar-refractivity contribution in [1.29, 1.82) is 0 Å². The van der Waals surface area contributed by atoms with Gasteiger partial charge in [0.1, 0.15) is 0 Å². The fourth-order valence-electron chi connectivity index (χ4n) is 3.94. The SMILES string of the molecule is CC(=O)c1cc(N(c2ccccc2)c2ccccc2)cc2c1[nH]c1ccccc12. The van der Waals surface area contributed by atoms with E-state index < -0.39 is 0 Å². The van der Waals surface area contributed by atoms with Gasteiger partial charge in [-0.05, 0) is 49.4 Å². The van der Waals surface area contributed by atoms with Crippen LogP contribution in [0.4, 0.5) is 17.1 Å². The highest BCUT2D eigenvalue weighted by atomic mass is 16.1. The summed E-state index contributed by atoms with van der Waals surface area (Å²) in [7, 11) is 0. The Balaban J connectivity index is 1.83. The molecule has 0 atom stereocenters. The Kier molecular flexibility index (Phi) is 4.14. The van der Waals surface area contributed by atoms with E-state index in [1.165, 1.54) is 0 Å². The van der Waals surface area contributed by atoms with Crippen molar-refractivity contribution >= 4 is 44.7 Å². The number of aromatic amines is 1. The van der Waals surface area contributed by atoms with Crippen LogP contribution in [0.5, 0.6) is 0 Å². The van der Waals surface area contributed by atoms with Gasteiger partial charge >= 0.3 is 0 Å². The van der Waals surface area contributed by atoms with Crippen molar-refractivity contribution in [2.75, 3.05) is 4.90 Å². The zero-order chi connectivity index (χ0) is 19.8. The summed E-state index contributed by atoms with van der Waals surface area (Å²) >= 11 is 0. The maximum Gasteiger partial charge on any atom is 0.161 e. The molecule has 3 heteroatoms. The van der Waals surface area contributed by atoms with Gasteiger partial charge in [0.25, 0.3) is 0 Å². The van der Waals surface area contributed by atoms with Gasteiger partial charge in [-0.25, -0.2) is 0 Å². The normalized spacial score (nSPS) is 11.1. The minimum Gasteiger partial charge on any atom is -0.354 e. The summed E-state index contributed by atoms with van der Waals surface area (Å²) in [4.78, 5) is 18.2. The number of carbonyl (C=O) groups is 1. The summed E-state index contributed by atoms with van der Waals surface area (Å²) in [6.45, 7) is 1.62. The molecule has 1 N–H and O–H groups in total. The lowest BCUT2D eigenvalue weighted by Gasteiger charge is -2.26. The Labute approximate surface area is 169 Å². The first kappa shape index (κ1) is 17.3. The molecule has 0 saturated heterocycles. The molecule has 0 unspecified atom stereocenters. The molecule has 29 heavy (non-hydrogen) atoms. The molecule has 140 valence electrons. The van der Waals surface area contributed by atoms with Crippen molar-refractivity contribution in [3.63, 3.8) is 0 Å². The van der Waals surface area contributed by atoms with Gasteiger partial charge in [0.2, 0.25) is 0 Å². The van der Waals surface area contributed by atoms with Gasteiger partial charge in [0, 0.05) is 38.9 Å². The first-order valence-electron chi connectivity index (χ1n) is 9.68. The van der Waals surface area contributed by atoms with Crippen molar-refractivity contribution in [1.82, 2.24) is 4.98 Å². The van der Waals surface area contributed by atoms with E-state index in [0.29, 0.717) is 5.56 Å². The first-order valence-corrected chi connectivity index (χ1v) is 9.68. The van der Waals surface area contributed by atoms with Crippen LogP contribution in [0.2, 0.25) is 0 Å². The number of aromatic nitrogens is 1. The second-order valence-electron chi connectivity index (χ2n) is 7.15. The third kappa shape index (κ3) is 2.97. The molecule has 0 aliphatic rings. The quantitative estimate of drug-likeness (QED) is 0.343. The Bertz CT molecular complexity index is 1280. The predicted molar refractivity (Wildman–Crippen MR) is 120 cm³/mol. The van der Waals surface area contributed by atoms with E-state index in [2.05, 4.69) is 46.3 Å². The van der Waals surface area contributed by atoms with E-state index in [-0.39, 0.29) is 5.78 Å². The first-order chi connectivity index (χ1) is 14.2. The minimum atomic E-state index is 0.0458. The number of nitrogens with one attached hydrogen (secondary N) is 1. The number of nitrogens with zero attached hydrogens (tertiary/aromatic N) is 1. The van der Waals surface area contributed by atoms with Gasteiger partial charge in [-0.3, -0.25) is 4.79 Å². The Morgan fingerprint density at radius 2 is 1.28 bits per heavy atom. The molecule has 1 aromatic heterocycles. The Hall–Kier alpha value is -3.85. The summed E-state index contributed by atoms with van der Waals surface area (Å²) in [6, 6.07) is 32.8. The molecule has 0 bridgehead atoms. The number of carbonyl (C=O) groups excluding carboxylic acids is 1. The standard InChI is InChI=1S/C26H20N2O/c1-18(29)23-16-21(17-24-22-14-8-9-15-25(22)27-26(23)24)28(19-10-4-2-5-11-19)20-12-6-3-7-13-20/h2-17,27H,1H3. The third-order valence-corrected chi connectivity index (χ3v) is 5.27. The van der Waals surface area contributed by atoms with Gasteiger partial charge in [-0.15, -0.1) is 0 Å². The Morgan fingerprint density at radius 1 is 0.690 bits per heavy atom. The summed E-state index contributed by atoms with van der Waals surface area (Å²) in [5, 5.41) is 2.17. The van der Waals surface area contributed by atoms with E-state index in [0.717, 1.165) is 38.9 Å². The molecule has 0 amide bonds. The number of hydrogen-bond donors (Lipinski definition) is 1. The number of Topliss-reactive ketones (excluding diaryl/α,β-unsaturated/α-hetero) is 1. The van der Waals surface area contributed by atoms with Gasteiger partial charge in [-0.2, -0.15) is 0 Å². The summed E-state index contributed by atoms with van der Waals surface area (Å²) in [5.41, 5.74) is 5.69. The molecule has 0 radical (unpaired) electrons. The van der Waals surface area contributed by atoms with Crippen molar-refractivity contribution in [2.45, 2.75) is 6.92 Å². The molecule has 0 fully saturated rings. The molecule has 0 saturated carbocycles. The minimum absolute atomic E-state index is 0.0458. The number of ketones is 1.